The van der Waals surface area contributed by atoms with Gasteiger partial charge in [0.2, 0.25) is 17.7 Å². The Morgan fingerprint density at radius 1 is 1.47 bits per heavy atom. The minimum Gasteiger partial charge on any atom is -0.340 e. The average Bonchev–Trinajstić information content (AvgIpc) is 2.45. The van der Waals surface area contributed by atoms with Crippen molar-refractivity contribution < 1.29 is 14.4 Å². The van der Waals surface area contributed by atoms with Gasteiger partial charge >= 0.3 is 0 Å². The summed E-state index contributed by atoms with van der Waals surface area (Å²) in [6.45, 7) is 1.82. The molecule has 0 aromatic rings. The van der Waals surface area contributed by atoms with Crippen LogP contribution in [0.15, 0.2) is 24.3 Å². The molecule has 0 aromatic heterocycles. The molecular weight excluding hydrogens is 196 g/mol. The molecule has 0 spiro atoms. The molecule has 0 radical (unpaired) electrons. The van der Waals surface area contributed by atoms with Crippen molar-refractivity contribution in [3.63, 3.8) is 0 Å². The Kier molecular flexibility index (Phi) is 3.79. The lowest BCUT2D eigenvalue weighted by Crippen LogP contribution is -2.39. The first kappa shape index (κ1) is 11.2. The Morgan fingerprint density at radius 2 is 2.20 bits per heavy atom. The number of allylic oxidation sites excluding steroid dienone is 3. The summed E-state index contributed by atoms with van der Waals surface area (Å²) in [5.41, 5.74) is 0. The molecule has 3 amide bonds. The maximum absolute atomic E-state index is 11.2. The van der Waals surface area contributed by atoms with Crippen LogP contribution < -0.4 is 10.6 Å². The summed E-state index contributed by atoms with van der Waals surface area (Å²) in [6.07, 6.45) is 6.34. The topological polar surface area (TPSA) is 75.3 Å². The largest absolute Gasteiger partial charge is 0.340 e. The molecular formula is C10H12N2O3. The second-order valence-electron chi connectivity index (χ2n) is 3.06. The predicted molar refractivity (Wildman–Crippen MR) is 53.7 cm³/mol. The maximum atomic E-state index is 11.2. The molecule has 1 fully saturated rings. The monoisotopic (exact) mass is 208 g/mol. The van der Waals surface area contributed by atoms with Gasteiger partial charge in [0.1, 0.15) is 6.04 Å². The number of nitrogens with one attached hydrogen (secondary N) is 2. The van der Waals surface area contributed by atoms with Crippen LogP contribution in [-0.4, -0.2) is 23.8 Å². The van der Waals surface area contributed by atoms with E-state index >= 15 is 0 Å². The molecule has 5 nitrogen and oxygen atoms in total. The molecule has 1 atom stereocenters. The van der Waals surface area contributed by atoms with E-state index in [1.54, 1.807) is 18.2 Å². The van der Waals surface area contributed by atoms with Gasteiger partial charge in [0.15, 0.2) is 0 Å². The summed E-state index contributed by atoms with van der Waals surface area (Å²) in [5, 5.41) is 4.53. The number of amides is 3. The van der Waals surface area contributed by atoms with Gasteiger partial charge in [-0.1, -0.05) is 18.2 Å². The Hall–Kier alpha value is -1.91. The molecule has 1 heterocycles. The third-order valence-electron chi connectivity index (χ3n) is 1.84. The van der Waals surface area contributed by atoms with Crippen LogP contribution in [0.1, 0.15) is 13.3 Å². The summed E-state index contributed by atoms with van der Waals surface area (Å²) in [7, 11) is 0. The second kappa shape index (κ2) is 5.09. The maximum Gasteiger partial charge on any atom is 0.249 e. The number of hydrogen-bond acceptors (Lipinski definition) is 3. The first-order valence-corrected chi connectivity index (χ1v) is 4.57. The van der Waals surface area contributed by atoms with E-state index in [0.29, 0.717) is 0 Å². The number of carbonyl (C=O) groups excluding carboxylic acids is 3. The molecule has 80 valence electrons. The number of rotatable bonds is 3. The molecule has 1 aliphatic rings. The predicted octanol–water partition coefficient (Wildman–Crippen LogP) is -0.350. The van der Waals surface area contributed by atoms with Gasteiger partial charge in [-0.15, -0.1) is 0 Å². The van der Waals surface area contributed by atoms with Crippen molar-refractivity contribution in [2.24, 2.45) is 0 Å². The standard InChI is InChI=1S/C10H12N2O3/c1-2-3-4-5-8(13)11-7-6-9(14)12-10(7)15/h2-5,7H,6H2,1H3,(H,11,13)(H,12,14,15)/b3-2+,5-4+. The molecule has 0 aromatic carbocycles. The molecule has 1 aliphatic heterocycles. The summed E-state index contributed by atoms with van der Waals surface area (Å²) < 4.78 is 0. The van der Waals surface area contributed by atoms with Crippen LogP contribution >= 0.6 is 0 Å². The zero-order valence-electron chi connectivity index (χ0n) is 8.32. The third kappa shape index (κ3) is 3.38. The van der Waals surface area contributed by atoms with Crippen LogP contribution in [0.3, 0.4) is 0 Å². The van der Waals surface area contributed by atoms with Crippen molar-refractivity contribution >= 4 is 17.7 Å². The van der Waals surface area contributed by atoms with Gasteiger partial charge in [0.05, 0.1) is 6.42 Å². The van der Waals surface area contributed by atoms with Crippen molar-refractivity contribution in [2.75, 3.05) is 0 Å². The number of imide groups is 1. The van der Waals surface area contributed by atoms with Crippen LogP contribution in [-0.2, 0) is 14.4 Å². The zero-order chi connectivity index (χ0) is 11.3. The van der Waals surface area contributed by atoms with E-state index in [4.69, 9.17) is 0 Å². The molecule has 1 rings (SSSR count). The lowest BCUT2D eigenvalue weighted by molar-refractivity contribution is -0.127. The van der Waals surface area contributed by atoms with Gasteiger partial charge in [-0.2, -0.15) is 0 Å². The highest BCUT2D eigenvalue weighted by Crippen LogP contribution is 2.00. The smallest absolute Gasteiger partial charge is 0.249 e. The van der Waals surface area contributed by atoms with Crippen LogP contribution in [0.25, 0.3) is 0 Å². The Bertz CT molecular complexity index is 345. The van der Waals surface area contributed by atoms with Gasteiger partial charge in [-0.05, 0) is 6.92 Å². The zero-order valence-corrected chi connectivity index (χ0v) is 8.32. The summed E-state index contributed by atoms with van der Waals surface area (Å²) in [6, 6.07) is -0.736. The van der Waals surface area contributed by atoms with Gasteiger partial charge in [-0.3, -0.25) is 19.7 Å². The quantitative estimate of drug-likeness (QED) is 0.378. The average molecular weight is 208 g/mol. The highest BCUT2D eigenvalue weighted by atomic mass is 16.2. The Labute approximate surface area is 87.2 Å². The van der Waals surface area contributed by atoms with E-state index in [9.17, 15) is 14.4 Å². The van der Waals surface area contributed by atoms with Gasteiger partial charge < -0.3 is 5.32 Å². The van der Waals surface area contributed by atoms with Crippen LogP contribution in [0, 0.1) is 0 Å². The van der Waals surface area contributed by atoms with Crippen molar-refractivity contribution in [2.45, 2.75) is 19.4 Å². The third-order valence-corrected chi connectivity index (χ3v) is 1.84. The number of carbonyl (C=O) groups is 3. The fourth-order valence-corrected chi connectivity index (χ4v) is 1.14. The molecule has 0 aliphatic carbocycles. The highest BCUT2D eigenvalue weighted by Gasteiger charge is 2.30. The van der Waals surface area contributed by atoms with E-state index in [0.717, 1.165) is 0 Å². The summed E-state index contributed by atoms with van der Waals surface area (Å²) in [5.74, 6) is -1.20. The fourth-order valence-electron chi connectivity index (χ4n) is 1.14. The summed E-state index contributed by atoms with van der Waals surface area (Å²) in [4.78, 5) is 33.1. The van der Waals surface area contributed by atoms with Crippen LogP contribution in [0.4, 0.5) is 0 Å². The van der Waals surface area contributed by atoms with E-state index in [1.165, 1.54) is 6.08 Å². The first-order chi connectivity index (χ1) is 7.13. The lowest BCUT2D eigenvalue weighted by atomic mass is 10.2. The molecule has 5 heteroatoms. The Balaban J connectivity index is 2.45. The van der Waals surface area contributed by atoms with Crippen LogP contribution in [0.5, 0.6) is 0 Å². The summed E-state index contributed by atoms with van der Waals surface area (Å²) >= 11 is 0. The molecule has 0 bridgehead atoms. The van der Waals surface area contributed by atoms with E-state index in [-0.39, 0.29) is 18.2 Å². The molecule has 1 saturated heterocycles. The van der Waals surface area contributed by atoms with Crippen molar-refractivity contribution in [1.29, 1.82) is 0 Å². The Morgan fingerprint density at radius 3 is 2.73 bits per heavy atom. The van der Waals surface area contributed by atoms with Gasteiger partial charge in [0.25, 0.3) is 0 Å². The van der Waals surface area contributed by atoms with E-state index in [2.05, 4.69) is 10.6 Å². The molecule has 1 unspecified atom stereocenters. The minimum atomic E-state index is -0.736. The molecule has 15 heavy (non-hydrogen) atoms. The lowest BCUT2D eigenvalue weighted by Gasteiger charge is -2.05. The van der Waals surface area contributed by atoms with Crippen molar-refractivity contribution in [1.82, 2.24) is 10.6 Å². The van der Waals surface area contributed by atoms with Gasteiger partial charge in [-0.25, -0.2) is 0 Å². The fraction of sp³-hybridized carbons (Fsp3) is 0.300. The van der Waals surface area contributed by atoms with Crippen LogP contribution in [0.2, 0.25) is 0 Å². The van der Waals surface area contributed by atoms with E-state index in [1.807, 2.05) is 6.92 Å². The van der Waals surface area contributed by atoms with Crippen molar-refractivity contribution in [3.05, 3.63) is 24.3 Å². The van der Waals surface area contributed by atoms with Gasteiger partial charge in [0, 0.05) is 6.08 Å². The van der Waals surface area contributed by atoms with E-state index < -0.39 is 11.9 Å². The highest BCUT2D eigenvalue weighted by molar-refractivity contribution is 6.07. The molecule has 0 saturated carbocycles. The van der Waals surface area contributed by atoms with Crippen molar-refractivity contribution in [3.8, 4) is 0 Å². The number of hydrogen-bond donors (Lipinski definition) is 2. The SMILES string of the molecule is C/C=C/C=C/C(=O)NC1CC(=O)NC1=O. The molecule has 2 N–H and O–H groups in total. The minimum absolute atomic E-state index is 0.0159. The normalized spacial score (nSPS) is 21.3. The first-order valence-electron chi connectivity index (χ1n) is 4.57. The second-order valence-corrected chi connectivity index (χ2v) is 3.06.